The molecule has 0 amide bonds. The summed E-state index contributed by atoms with van der Waals surface area (Å²) >= 11 is 0. The molecule has 17 heavy (non-hydrogen) atoms. The Morgan fingerprint density at radius 1 is 1.47 bits per heavy atom. The van der Waals surface area contributed by atoms with Gasteiger partial charge in [-0.05, 0) is 12.5 Å². The molecule has 1 aromatic heterocycles. The molecule has 0 atom stereocenters. The van der Waals surface area contributed by atoms with E-state index in [2.05, 4.69) is 9.97 Å². The van der Waals surface area contributed by atoms with E-state index in [1.54, 1.807) is 0 Å². The highest BCUT2D eigenvalue weighted by atomic mass is 16.6. The van der Waals surface area contributed by atoms with Crippen LogP contribution in [0.5, 0.6) is 0 Å². The van der Waals surface area contributed by atoms with Gasteiger partial charge >= 0.3 is 0 Å². The van der Waals surface area contributed by atoms with Crippen LogP contribution in [0.4, 0.5) is 5.69 Å². The van der Waals surface area contributed by atoms with E-state index in [4.69, 9.17) is 0 Å². The molecule has 0 saturated carbocycles. The highest BCUT2D eigenvalue weighted by molar-refractivity contribution is 5.76. The molecule has 2 rings (SSSR count). The molecule has 88 valence electrons. The standard InChI is InChI=1S/C11H11N3O3/c1-2-3-9-11(15)13-8-5-4-7(14(16)17)6-10(8)12-9/h4-6H,2-3H2,1H3,(H,13,15). The Labute approximate surface area is 96.5 Å². The van der Waals surface area contributed by atoms with Crippen molar-refractivity contribution < 1.29 is 4.92 Å². The Morgan fingerprint density at radius 3 is 2.88 bits per heavy atom. The van der Waals surface area contributed by atoms with Gasteiger partial charge in [-0.2, -0.15) is 0 Å². The van der Waals surface area contributed by atoms with Crippen LogP contribution in [0, 0.1) is 10.1 Å². The first kappa shape index (κ1) is 11.3. The topological polar surface area (TPSA) is 88.9 Å². The fourth-order valence-corrected chi connectivity index (χ4v) is 1.63. The predicted molar refractivity (Wildman–Crippen MR) is 63.0 cm³/mol. The summed E-state index contributed by atoms with van der Waals surface area (Å²) < 4.78 is 0. The maximum atomic E-state index is 11.6. The van der Waals surface area contributed by atoms with Crippen molar-refractivity contribution in [2.24, 2.45) is 0 Å². The van der Waals surface area contributed by atoms with Crippen molar-refractivity contribution in [3.05, 3.63) is 44.4 Å². The summed E-state index contributed by atoms with van der Waals surface area (Å²) in [4.78, 5) is 28.6. The Kier molecular flexibility index (Phi) is 2.86. The van der Waals surface area contributed by atoms with Gasteiger partial charge in [0.05, 0.1) is 16.0 Å². The minimum absolute atomic E-state index is 0.0282. The molecular formula is C11H11N3O3. The molecule has 0 saturated heterocycles. The van der Waals surface area contributed by atoms with E-state index < -0.39 is 4.92 Å². The number of non-ortho nitro benzene ring substituents is 1. The number of nitro benzene ring substituents is 1. The minimum Gasteiger partial charge on any atom is -0.319 e. The molecule has 6 heteroatoms. The predicted octanol–water partition coefficient (Wildman–Crippen LogP) is 1.78. The van der Waals surface area contributed by atoms with E-state index in [-0.39, 0.29) is 11.2 Å². The van der Waals surface area contributed by atoms with Crippen LogP contribution in [0.15, 0.2) is 23.0 Å². The van der Waals surface area contributed by atoms with E-state index >= 15 is 0 Å². The quantitative estimate of drug-likeness (QED) is 0.646. The molecule has 1 N–H and O–H groups in total. The van der Waals surface area contributed by atoms with Gasteiger partial charge < -0.3 is 4.98 Å². The molecule has 0 fully saturated rings. The number of aromatic nitrogens is 2. The zero-order chi connectivity index (χ0) is 12.4. The number of aryl methyl sites for hydroxylation is 1. The SMILES string of the molecule is CCCc1nc2cc([N+](=O)[O-])ccc2[nH]c1=O. The molecule has 0 radical (unpaired) electrons. The van der Waals surface area contributed by atoms with E-state index in [1.807, 2.05) is 6.92 Å². The monoisotopic (exact) mass is 233 g/mol. The van der Waals surface area contributed by atoms with E-state index in [0.717, 1.165) is 6.42 Å². The van der Waals surface area contributed by atoms with Crippen molar-refractivity contribution in [3.63, 3.8) is 0 Å². The van der Waals surface area contributed by atoms with E-state index in [0.29, 0.717) is 23.1 Å². The van der Waals surface area contributed by atoms with Crippen LogP contribution in [0.2, 0.25) is 0 Å². The molecule has 0 aliphatic heterocycles. The Hall–Kier alpha value is -2.24. The average molecular weight is 233 g/mol. The second kappa shape index (κ2) is 4.32. The second-order valence-electron chi connectivity index (χ2n) is 3.72. The van der Waals surface area contributed by atoms with E-state index in [1.165, 1.54) is 18.2 Å². The number of nitro groups is 1. The normalized spacial score (nSPS) is 10.6. The summed E-state index contributed by atoms with van der Waals surface area (Å²) in [6.45, 7) is 1.94. The van der Waals surface area contributed by atoms with Crippen molar-refractivity contribution in [2.75, 3.05) is 0 Å². The lowest BCUT2D eigenvalue weighted by Gasteiger charge is -2.01. The average Bonchev–Trinajstić information content (AvgIpc) is 2.29. The van der Waals surface area contributed by atoms with Crippen molar-refractivity contribution >= 4 is 16.7 Å². The molecule has 2 aromatic rings. The molecule has 0 unspecified atom stereocenters. The first-order valence-corrected chi connectivity index (χ1v) is 5.29. The number of H-pyrrole nitrogens is 1. The lowest BCUT2D eigenvalue weighted by molar-refractivity contribution is -0.384. The molecule has 0 spiro atoms. The summed E-state index contributed by atoms with van der Waals surface area (Å²) in [5, 5.41) is 10.6. The molecule has 0 bridgehead atoms. The number of rotatable bonds is 3. The number of fused-ring (bicyclic) bond motifs is 1. The minimum atomic E-state index is -0.480. The summed E-state index contributed by atoms with van der Waals surface area (Å²) in [5.74, 6) is 0. The summed E-state index contributed by atoms with van der Waals surface area (Å²) in [7, 11) is 0. The van der Waals surface area contributed by atoms with Gasteiger partial charge in [0, 0.05) is 12.1 Å². The third-order valence-electron chi connectivity index (χ3n) is 2.44. The van der Waals surface area contributed by atoms with E-state index in [9.17, 15) is 14.9 Å². The van der Waals surface area contributed by atoms with Crippen LogP contribution >= 0.6 is 0 Å². The largest absolute Gasteiger partial charge is 0.319 e. The van der Waals surface area contributed by atoms with Gasteiger partial charge in [0.25, 0.3) is 11.2 Å². The lowest BCUT2D eigenvalue weighted by Crippen LogP contribution is -2.14. The number of nitrogens with one attached hydrogen (secondary N) is 1. The smallest absolute Gasteiger partial charge is 0.271 e. The van der Waals surface area contributed by atoms with Crippen LogP contribution in [-0.2, 0) is 6.42 Å². The summed E-state index contributed by atoms with van der Waals surface area (Å²) in [5.41, 5.74) is 1.12. The zero-order valence-electron chi connectivity index (χ0n) is 9.27. The molecule has 6 nitrogen and oxygen atoms in total. The number of hydrogen-bond donors (Lipinski definition) is 1. The fourth-order valence-electron chi connectivity index (χ4n) is 1.63. The Morgan fingerprint density at radius 2 is 2.24 bits per heavy atom. The van der Waals surface area contributed by atoms with Gasteiger partial charge in [-0.3, -0.25) is 14.9 Å². The molecule has 1 aromatic carbocycles. The first-order chi connectivity index (χ1) is 8.11. The van der Waals surface area contributed by atoms with Crippen molar-refractivity contribution in [1.29, 1.82) is 0 Å². The molecule has 0 aliphatic carbocycles. The maximum Gasteiger partial charge on any atom is 0.271 e. The van der Waals surface area contributed by atoms with Gasteiger partial charge in [-0.1, -0.05) is 13.3 Å². The van der Waals surface area contributed by atoms with Gasteiger partial charge in [-0.25, -0.2) is 4.98 Å². The number of benzene rings is 1. The molecule has 1 heterocycles. The summed E-state index contributed by atoms with van der Waals surface area (Å²) in [6.07, 6.45) is 1.37. The van der Waals surface area contributed by atoms with Gasteiger partial charge in [0.2, 0.25) is 0 Å². The second-order valence-corrected chi connectivity index (χ2v) is 3.72. The van der Waals surface area contributed by atoms with Crippen LogP contribution in [0.3, 0.4) is 0 Å². The fraction of sp³-hybridized carbons (Fsp3) is 0.273. The Bertz CT molecular complexity index is 633. The lowest BCUT2D eigenvalue weighted by atomic mass is 10.2. The highest BCUT2D eigenvalue weighted by Gasteiger charge is 2.09. The number of aromatic amines is 1. The maximum absolute atomic E-state index is 11.6. The molecule has 0 aliphatic rings. The van der Waals surface area contributed by atoms with Crippen molar-refractivity contribution in [1.82, 2.24) is 9.97 Å². The van der Waals surface area contributed by atoms with Crippen LogP contribution < -0.4 is 5.56 Å². The van der Waals surface area contributed by atoms with Crippen molar-refractivity contribution in [2.45, 2.75) is 19.8 Å². The number of nitrogens with zero attached hydrogens (tertiary/aromatic N) is 2. The van der Waals surface area contributed by atoms with Gasteiger partial charge in [0.15, 0.2) is 0 Å². The summed E-state index contributed by atoms with van der Waals surface area (Å²) in [6, 6.07) is 4.21. The number of hydrogen-bond acceptors (Lipinski definition) is 4. The van der Waals surface area contributed by atoms with Crippen LogP contribution in [0.25, 0.3) is 11.0 Å². The van der Waals surface area contributed by atoms with Gasteiger partial charge in [0.1, 0.15) is 5.69 Å². The Balaban J connectivity index is 2.64. The first-order valence-electron chi connectivity index (χ1n) is 5.29. The van der Waals surface area contributed by atoms with Crippen molar-refractivity contribution in [3.8, 4) is 0 Å². The zero-order valence-corrected chi connectivity index (χ0v) is 9.27. The van der Waals surface area contributed by atoms with Crippen LogP contribution in [0.1, 0.15) is 19.0 Å². The van der Waals surface area contributed by atoms with Crippen LogP contribution in [-0.4, -0.2) is 14.9 Å². The highest BCUT2D eigenvalue weighted by Crippen LogP contribution is 2.16. The third-order valence-corrected chi connectivity index (χ3v) is 2.44. The van der Waals surface area contributed by atoms with Gasteiger partial charge in [-0.15, -0.1) is 0 Å². The molecular weight excluding hydrogens is 222 g/mol. The third kappa shape index (κ3) is 2.15.